The summed E-state index contributed by atoms with van der Waals surface area (Å²) >= 11 is 0.214. The molecule has 2 rings (SSSR count). The Kier molecular flexibility index (Phi) is 7.40. The maximum atomic E-state index is 11.7. The molecule has 2 aromatic carbocycles. The number of hydrogen-bond acceptors (Lipinski definition) is 4. The summed E-state index contributed by atoms with van der Waals surface area (Å²) in [4.78, 5) is 11.7. The number of ether oxygens (including phenoxy) is 1. The molecule has 0 spiro atoms. The van der Waals surface area contributed by atoms with E-state index in [1.165, 1.54) is 5.56 Å². The number of phenolic OH excluding ortho intramolecular Hbond substituents is 1. The Morgan fingerprint density at radius 3 is 2.75 bits per heavy atom. The van der Waals surface area contributed by atoms with Gasteiger partial charge in [-0.25, -0.2) is 0 Å². The molecule has 0 saturated carbocycles. The molecule has 0 fully saturated rings. The fraction of sp³-hybridized carbons (Fsp3) is 0.211. The molecule has 0 aliphatic rings. The summed E-state index contributed by atoms with van der Waals surface area (Å²) in [7, 11) is 0. The molecule has 0 unspecified atom stereocenters. The average molecular weight is 390 g/mol. The van der Waals surface area contributed by atoms with Crippen molar-refractivity contribution in [2.24, 2.45) is 0 Å². The zero-order chi connectivity index (χ0) is 17.2. The van der Waals surface area contributed by atoms with Crippen molar-refractivity contribution in [1.29, 1.82) is 0 Å². The Labute approximate surface area is 148 Å². The van der Waals surface area contributed by atoms with Crippen molar-refractivity contribution >= 4 is 32.7 Å². The van der Waals surface area contributed by atoms with E-state index in [1.807, 2.05) is 30.3 Å². The second-order valence-corrected chi connectivity index (χ2v) is 7.35. The Morgan fingerprint density at radius 2 is 2.00 bits per heavy atom. The minimum absolute atomic E-state index is 0.0713. The summed E-state index contributed by atoms with van der Waals surface area (Å²) in [5, 5.41) is 10.7. The molecule has 4 nitrogen and oxygen atoms in total. The van der Waals surface area contributed by atoms with Gasteiger partial charge in [-0.1, -0.05) is 0 Å². The fourth-order valence-corrected chi connectivity index (χ4v) is 3.30. The second-order valence-electron chi connectivity index (χ2n) is 5.19. The van der Waals surface area contributed by atoms with Crippen LogP contribution in [0.25, 0.3) is 6.08 Å². The number of benzene rings is 2. The topological polar surface area (TPSA) is 72.5 Å². The first-order valence-electron chi connectivity index (χ1n) is 7.67. The third-order valence-electron chi connectivity index (χ3n) is 3.29. The first kappa shape index (κ1) is 18.1. The number of rotatable bonds is 8. The molecular weight excluding hydrogens is 369 g/mol. The van der Waals surface area contributed by atoms with E-state index in [-0.39, 0.29) is 26.7 Å². The number of nitrogens with two attached hydrogens (primary N) is 1. The van der Waals surface area contributed by atoms with Gasteiger partial charge in [0.2, 0.25) is 0 Å². The van der Waals surface area contributed by atoms with Gasteiger partial charge < -0.3 is 0 Å². The van der Waals surface area contributed by atoms with Gasteiger partial charge in [0.15, 0.2) is 0 Å². The van der Waals surface area contributed by atoms with Crippen LogP contribution in [0.15, 0.2) is 54.6 Å². The van der Waals surface area contributed by atoms with E-state index in [1.54, 1.807) is 18.2 Å². The summed E-state index contributed by atoms with van der Waals surface area (Å²) < 4.78 is 5.23. The summed E-state index contributed by atoms with van der Waals surface area (Å²) in [5.74, 6) is -0.0862. The van der Waals surface area contributed by atoms with Crippen LogP contribution >= 0.6 is 0 Å². The van der Waals surface area contributed by atoms with Crippen LogP contribution in [-0.4, -0.2) is 32.6 Å². The van der Waals surface area contributed by atoms with Gasteiger partial charge in [0.05, 0.1) is 0 Å². The third-order valence-corrected chi connectivity index (χ3v) is 5.11. The van der Waals surface area contributed by atoms with Crippen LogP contribution in [0.4, 0.5) is 5.69 Å². The van der Waals surface area contributed by atoms with E-state index in [0.717, 1.165) is 10.9 Å². The van der Waals surface area contributed by atoms with Gasteiger partial charge in [-0.2, -0.15) is 0 Å². The first-order valence-corrected chi connectivity index (χ1v) is 10.1. The van der Waals surface area contributed by atoms with E-state index < -0.39 is 0 Å². The van der Waals surface area contributed by atoms with Crippen LogP contribution in [0, 0.1) is 0 Å². The molecule has 0 radical (unpaired) electrons. The van der Waals surface area contributed by atoms with E-state index in [4.69, 9.17) is 10.5 Å². The first-order chi connectivity index (χ1) is 11.6. The molecule has 5 heteroatoms. The van der Waals surface area contributed by atoms with Gasteiger partial charge in [0.25, 0.3) is 0 Å². The van der Waals surface area contributed by atoms with Crippen LogP contribution in [-0.2, 0) is 16.0 Å². The number of phenols is 1. The minimum atomic E-state index is -0.158. The molecule has 0 aromatic heterocycles. The Bertz CT molecular complexity index is 686. The Hall–Kier alpha value is -2.23. The maximum absolute atomic E-state index is 11.7. The van der Waals surface area contributed by atoms with Gasteiger partial charge in [-0.05, 0) is 0 Å². The predicted molar refractivity (Wildman–Crippen MR) is 98.0 cm³/mol. The Balaban J connectivity index is 1.59. The summed E-state index contributed by atoms with van der Waals surface area (Å²) in [5.41, 5.74) is 8.08. The predicted octanol–water partition coefficient (Wildman–Crippen LogP) is 3.31. The van der Waals surface area contributed by atoms with Gasteiger partial charge in [-0.3, -0.25) is 0 Å². The number of esters is 1. The molecule has 0 aliphatic carbocycles. The zero-order valence-corrected chi connectivity index (χ0v) is 15.1. The number of aromatic hydroxyl groups is 1. The van der Waals surface area contributed by atoms with Crippen LogP contribution in [0.5, 0.6) is 5.75 Å². The average Bonchev–Trinajstić information content (AvgIpc) is 2.59. The number of anilines is 1. The summed E-state index contributed by atoms with van der Waals surface area (Å²) in [6.45, 7) is 0.332. The van der Waals surface area contributed by atoms with E-state index in [2.05, 4.69) is 12.2 Å². The molecule has 2 aromatic rings. The standard InChI is InChI=1S/C19H21NO3Se/c20-17-13-16(8-9-18(17)21)10-11-23-19(22)14-24-12-4-7-15-5-2-1-3-6-15/h1-9,13,21H,10-12,14,20H2/b7-4+. The number of allylic oxidation sites excluding steroid dienone is 1. The van der Waals surface area contributed by atoms with Gasteiger partial charge in [0.1, 0.15) is 0 Å². The normalized spacial score (nSPS) is 10.8. The van der Waals surface area contributed by atoms with Gasteiger partial charge >= 0.3 is 148 Å². The van der Waals surface area contributed by atoms with E-state index >= 15 is 0 Å². The van der Waals surface area contributed by atoms with Crippen LogP contribution in [0.1, 0.15) is 11.1 Å². The molecule has 24 heavy (non-hydrogen) atoms. The molecule has 0 bridgehead atoms. The number of carbonyl (C=O) groups is 1. The van der Waals surface area contributed by atoms with Crippen molar-refractivity contribution in [1.82, 2.24) is 0 Å². The van der Waals surface area contributed by atoms with Crippen LogP contribution in [0.2, 0.25) is 10.6 Å². The van der Waals surface area contributed by atoms with Crippen molar-refractivity contribution in [3.05, 3.63) is 65.7 Å². The quantitative estimate of drug-likeness (QED) is 0.239. The molecular formula is C19H21NO3Se. The second kappa shape index (κ2) is 9.81. The third kappa shape index (κ3) is 6.49. The number of nitrogen functional groups attached to an aromatic ring is 1. The SMILES string of the molecule is Nc1cc(CCOC(=O)C[Se]C/C=C/c2ccccc2)ccc1O. The van der Waals surface area contributed by atoms with Crippen molar-refractivity contribution in [2.75, 3.05) is 12.3 Å². The molecule has 0 heterocycles. The van der Waals surface area contributed by atoms with Crippen LogP contribution < -0.4 is 5.73 Å². The van der Waals surface area contributed by atoms with Crippen molar-refractivity contribution < 1.29 is 14.6 Å². The van der Waals surface area contributed by atoms with Crippen molar-refractivity contribution in [3.63, 3.8) is 0 Å². The van der Waals surface area contributed by atoms with Gasteiger partial charge in [-0.15, -0.1) is 0 Å². The molecule has 0 amide bonds. The molecule has 3 N–H and O–H groups in total. The van der Waals surface area contributed by atoms with Crippen molar-refractivity contribution in [3.8, 4) is 5.75 Å². The monoisotopic (exact) mass is 391 g/mol. The summed E-state index contributed by atoms with van der Waals surface area (Å²) in [6.07, 6.45) is 4.77. The number of hydrogen-bond donors (Lipinski definition) is 2. The Morgan fingerprint density at radius 1 is 1.21 bits per heavy atom. The fourth-order valence-electron chi connectivity index (χ4n) is 2.04. The van der Waals surface area contributed by atoms with E-state index in [0.29, 0.717) is 24.0 Å². The van der Waals surface area contributed by atoms with Gasteiger partial charge in [0, 0.05) is 0 Å². The molecule has 0 atom stereocenters. The molecule has 0 saturated heterocycles. The number of carbonyl (C=O) groups excluding carboxylic acids is 1. The summed E-state index contributed by atoms with van der Waals surface area (Å²) in [6, 6.07) is 15.1. The molecule has 0 aliphatic heterocycles. The molecule has 126 valence electrons. The van der Waals surface area contributed by atoms with E-state index in [9.17, 15) is 9.90 Å². The van der Waals surface area contributed by atoms with Crippen LogP contribution in [0.3, 0.4) is 0 Å². The van der Waals surface area contributed by atoms with Crippen molar-refractivity contribution in [2.45, 2.75) is 17.1 Å². The zero-order valence-electron chi connectivity index (χ0n) is 13.4.